The normalized spacial score (nSPS) is 10.6. The van der Waals surface area contributed by atoms with Crippen molar-refractivity contribution in [2.24, 2.45) is 0 Å². The molecular formula is C12H13Cl2N5. The molecule has 2 N–H and O–H groups in total. The fraction of sp³-hybridized carbons (Fsp3) is 0.250. The number of halogens is 2. The fourth-order valence-corrected chi connectivity index (χ4v) is 1.72. The van der Waals surface area contributed by atoms with Crippen LogP contribution < -0.4 is 10.6 Å². The van der Waals surface area contributed by atoms with E-state index in [4.69, 9.17) is 23.2 Å². The molecule has 2 aromatic rings. The van der Waals surface area contributed by atoms with Gasteiger partial charge in [0, 0.05) is 11.7 Å². The third kappa shape index (κ3) is 3.94. The van der Waals surface area contributed by atoms with E-state index >= 15 is 0 Å². The van der Waals surface area contributed by atoms with Gasteiger partial charge in [-0.15, -0.1) is 5.10 Å². The Hall–Kier alpha value is -1.59. The smallest absolute Gasteiger partial charge is 0.249 e. The van der Waals surface area contributed by atoms with Crippen LogP contribution in [0.4, 0.5) is 17.5 Å². The first-order valence-electron chi connectivity index (χ1n) is 5.73. The lowest BCUT2D eigenvalue weighted by atomic mass is 10.3. The molecule has 0 saturated heterocycles. The van der Waals surface area contributed by atoms with Crippen molar-refractivity contribution in [2.75, 3.05) is 10.6 Å². The van der Waals surface area contributed by atoms with Crippen molar-refractivity contribution >= 4 is 40.7 Å². The summed E-state index contributed by atoms with van der Waals surface area (Å²) < 4.78 is 0. The van der Waals surface area contributed by atoms with Gasteiger partial charge in [-0.2, -0.15) is 10.1 Å². The largest absolute Gasteiger partial charge is 0.366 e. The molecule has 0 radical (unpaired) electrons. The number of nitrogens with zero attached hydrogens (tertiary/aromatic N) is 3. The van der Waals surface area contributed by atoms with E-state index < -0.39 is 0 Å². The summed E-state index contributed by atoms with van der Waals surface area (Å²) in [4.78, 5) is 4.29. The van der Waals surface area contributed by atoms with Crippen LogP contribution in [0.2, 0.25) is 10.0 Å². The summed E-state index contributed by atoms with van der Waals surface area (Å²) in [5.74, 6) is 1.05. The Labute approximate surface area is 121 Å². The Morgan fingerprint density at radius 3 is 2.63 bits per heavy atom. The maximum absolute atomic E-state index is 5.94. The molecule has 19 heavy (non-hydrogen) atoms. The van der Waals surface area contributed by atoms with Crippen LogP contribution >= 0.6 is 23.2 Å². The van der Waals surface area contributed by atoms with Crippen molar-refractivity contribution < 1.29 is 0 Å². The molecule has 0 spiro atoms. The molecular weight excluding hydrogens is 285 g/mol. The molecule has 0 bridgehead atoms. The minimum absolute atomic E-state index is 0.273. The van der Waals surface area contributed by atoms with Crippen LogP contribution in [0.15, 0.2) is 24.4 Å². The van der Waals surface area contributed by atoms with Gasteiger partial charge >= 0.3 is 0 Å². The molecule has 2 rings (SSSR count). The van der Waals surface area contributed by atoms with Gasteiger partial charge in [-0.3, -0.25) is 0 Å². The van der Waals surface area contributed by atoms with Crippen molar-refractivity contribution in [3.8, 4) is 0 Å². The Morgan fingerprint density at radius 1 is 1.16 bits per heavy atom. The zero-order chi connectivity index (χ0) is 13.8. The molecule has 0 unspecified atom stereocenters. The van der Waals surface area contributed by atoms with Crippen LogP contribution in [-0.4, -0.2) is 21.2 Å². The second-order valence-corrected chi connectivity index (χ2v) is 5.03. The second kappa shape index (κ2) is 6.04. The van der Waals surface area contributed by atoms with Gasteiger partial charge in [-0.1, -0.05) is 23.2 Å². The van der Waals surface area contributed by atoms with E-state index in [2.05, 4.69) is 25.8 Å². The standard InChI is InChI=1S/C12H13Cl2N5/c1-7(2)16-11-6-15-19-12(18-11)17-8-3-4-9(13)10(14)5-8/h3-7H,1-2H3,(H2,16,17,18,19). The summed E-state index contributed by atoms with van der Waals surface area (Å²) in [6.07, 6.45) is 1.57. The highest BCUT2D eigenvalue weighted by atomic mass is 35.5. The SMILES string of the molecule is CC(C)Nc1cnnc(Nc2ccc(Cl)c(Cl)c2)n1. The number of aromatic nitrogens is 3. The van der Waals surface area contributed by atoms with E-state index in [1.54, 1.807) is 24.4 Å². The van der Waals surface area contributed by atoms with E-state index in [-0.39, 0.29) is 6.04 Å². The van der Waals surface area contributed by atoms with Gasteiger partial charge in [0.15, 0.2) is 5.82 Å². The lowest BCUT2D eigenvalue weighted by Gasteiger charge is -2.10. The molecule has 5 nitrogen and oxygen atoms in total. The van der Waals surface area contributed by atoms with Crippen LogP contribution in [0.1, 0.15) is 13.8 Å². The maximum atomic E-state index is 5.94. The minimum atomic E-state index is 0.273. The van der Waals surface area contributed by atoms with Gasteiger partial charge < -0.3 is 10.6 Å². The Bertz CT molecular complexity index is 574. The molecule has 0 aliphatic carbocycles. The third-order valence-corrected chi connectivity index (χ3v) is 2.91. The quantitative estimate of drug-likeness (QED) is 0.900. The molecule has 0 aliphatic rings. The number of anilines is 3. The lowest BCUT2D eigenvalue weighted by Crippen LogP contribution is -2.12. The van der Waals surface area contributed by atoms with Crippen molar-refractivity contribution in [3.05, 3.63) is 34.4 Å². The Kier molecular flexibility index (Phi) is 4.39. The van der Waals surface area contributed by atoms with Gasteiger partial charge in [0.2, 0.25) is 5.95 Å². The first-order valence-corrected chi connectivity index (χ1v) is 6.48. The Morgan fingerprint density at radius 2 is 1.95 bits per heavy atom. The molecule has 1 heterocycles. The first kappa shape index (κ1) is 13.8. The molecule has 0 saturated carbocycles. The predicted molar refractivity (Wildman–Crippen MR) is 78.3 cm³/mol. The zero-order valence-corrected chi connectivity index (χ0v) is 12.0. The topological polar surface area (TPSA) is 62.7 Å². The molecule has 1 aromatic carbocycles. The monoisotopic (exact) mass is 297 g/mol. The highest BCUT2D eigenvalue weighted by Crippen LogP contribution is 2.26. The molecule has 7 heteroatoms. The molecule has 0 atom stereocenters. The van der Waals surface area contributed by atoms with Gasteiger partial charge in [-0.25, -0.2) is 0 Å². The summed E-state index contributed by atoms with van der Waals surface area (Å²) in [5.41, 5.74) is 0.748. The van der Waals surface area contributed by atoms with Crippen LogP contribution in [0.5, 0.6) is 0 Å². The second-order valence-electron chi connectivity index (χ2n) is 4.22. The van der Waals surface area contributed by atoms with Gasteiger partial charge in [0.05, 0.1) is 16.2 Å². The van der Waals surface area contributed by atoms with E-state index in [9.17, 15) is 0 Å². The maximum Gasteiger partial charge on any atom is 0.249 e. The molecule has 100 valence electrons. The number of rotatable bonds is 4. The zero-order valence-electron chi connectivity index (χ0n) is 10.5. The average molecular weight is 298 g/mol. The van der Waals surface area contributed by atoms with Gasteiger partial charge in [0.1, 0.15) is 0 Å². The molecule has 0 aliphatic heterocycles. The molecule has 0 amide bonds. The number of benzene rings is 1. The average Bonchev–Trinajstić information content (AvgIpc) is 2.33. The summed E-state index contributed by atoms with van der Waals surface area (Å²) in [6.45, 7) is 4.04. The van der Waals surface area contributed by atoms with Crippen LogP contribution in [0.25, 0.3) is 0 Å². The van der Waals surface area contributed by atoms with E-state index in [0.29, 0.717) is 21.8 Å². The minimum Gasteiger partial charge on any atom is -0.366 e. The highest BCUT2D eigenvalue weighted by Gasteiger charge is 2.04. The van der Waals surface area contributed by atoms with E-state index in [1.807, 2.05) is 13.8 Å². The summed E-state index contributed by atoms with van der Waals surface area (Å²) in [6, 6.07) is 5.47. The fourth-order valence-electron chi connectivity index (χ4n) is 1.42. The van der Waals surface area contributed by atoms with Crippen LogP contribution in [0.3, 0.4) is 0 Å². The van der Waals surface area contributed by atoms with E-state index in [0.717, 1.165) is 5.69 Å². The summed E-state index contributed by atoms with van der Waals surface area (Å²) >= 11 is 11.8. The van der Waals surface area contributed by atoms with E-state index in [1.165, 1.54) is 0 Å². The van der Waals surface area contributed by atoms with Crippen molar-refractivity contribution in [3.63, 3.8) is 0 Å². The number of nitrogens with one attached hydrogen (secondary N) is 2. The Balaban J connectivity index is 2.16. The van der Waals surface area contributed by atoms with Gasteiger partial charge in [0.25, 0.3) is 0 Å². The van der Waals surface area contributed by atoms with Crippen molar-refractivity contribution in [1.82, 2.24) is 15.2 Å². The van der Waals surface area contributed by atoms with Gasteiger partial charge in [-0.05, 0) is 32.0 Å². The third-order valence-electron chi connectivity index (χ3n) is 2.17. The summed E-state index contributed by atoms with van der Waals surface area (Å²) in [5, 5.41) is 14.9. The van der Waals surface area contributed by atoms with Crippen LogP contribution in [0, 0.1) is 0 Å². The summed E-state index contributed by atoms with van der Waals surface area (Å²) in [7, 11) is 0. The highest BCUT2D eigenvalue weighted by molar-refractivity contribution is 6.42. The lowest BCUT2D eigenvalue weighted by molar-refractivity contribution is 0.873. The number of hydrogen-bond acceptors (Lipinski definition) is 5. The molecule has 1 aromatic heterocycles. The van der Waals surface area contributed by atoms with Crippen LogP contribution in [-0.2, 0) is 0 Å². The van der Waals surface area contributed by atoms with Crippen molar-refractivity contribution in [2.45, 2.75) is 19.9 Å². The number of hydrogen-bond donors (Lipinski definition) is 2. The van der Waals surface area contributed by atoms with Crippen molar-refractivity contribution in [1.29, 1.82) is 0 Å². The predicted octanol–water partition coefficient (Wildman–Crippen LogP) is 3.74. The molecule has 0 fully saturated rings. The first-order chi connectivity index (χ1) is 9.04.